The number of carbonyl (C=O) groups excluding carboxylic acids is 1. The Morgan fingerprint density at radius 2 is 2.00 bits per heavy atom. The summed E-state index contributed by atoms with van der Waals surface area (Å²) in [4.78, 5) is 10.3. The first-order valence-corrected chi connectivity index (χ1v) is 7.29. The minimum absolute atomic E-state index is 0.0231. The van der Waals surface area contributed by atoms with Crippen molar-refractivity contribution in [2.24, 2.45) is 0 Å². The molecule has 0 saturated heterocycles. The normalized spacial score (nSPS) is 11.7. The average molecular weight is 307 g/mol. The highest BCUT2D eigenvalue weighted by Crippen LogP contribution is 2.20. The Hall–Kier alpha value is -1.54. The number of rotatable bonds is 6. The van der Waals surface area contributed by atoms with Gasteiger partial charge in [-0.05, 0) is 18.2 Å². The highest BCUT2D eigenvalue weighted by molar-refractivity contribution is 7.89. The topological polar surface area (TPSA) is 63.7 Å². The van der Waals surface area contributed by atoms with Crippen LogP contribution in [0.3, 0.4) is 0 Å². The summed E-state index contributed by atoms with van der Waals surface area (Å²) in [5.41, 5.74) is 0. The van der Waals surface area contributed by atoms with E-state index in [1.165, 1.54) is 14.0 Å². The molecule has 8 heteroatoms. The van der Waals surface area contributed by atoms with Crippen molar-refractivity contribution in [1.82, 2.24) is 4.31 Å². The summed E-state index contributed by atoms with van der Waals surface area (Å²) in [6.07, 6.45) is -0.166. The molecule has 0 amide bonds. The lowest BCUT2D eigenvalue weighted by molar-refractivity contribution is -0.140. The zero-order chi connectivity index (χ0) is 15.3. The van der Waals surface area contributed by atoms with E-state index in [0.717, 1.165) is 16.4 Å². The number of ether oxygens (including phenoxy) is 1. The van der Waals surface area contributed by atoms with E-state index < -0.39 is 32.5 Å². The van der Waals surface area contributed by atoms with E-state index in [4.69, 9.17) is 0 Å². The summed E-state index contributed by atoms with van der Waals surface area (Å²) in [5.74, 6) is -2.48. The molecular formula is C12H15F2NO4S. The summed E-state index contributed by atoms with van der Waals surface area (Å²) < 4.78 is 56.4. The molecule has 5 nitrogen and oxygen atoms in total. The second-order valence-electron chi connectivity index (χ2n) is 3.90. The van der Waals surface area contributed by atoms with Crippen LogP contribution in [0.5, 0.6) is 0 Å². The molecule has 0 aliphatic carbocycles. The quantitative estimate of drug-likeness (QED) is 0.748. The maximum absolute atomic E-state index is 13.6. The van der Waals surface area contributed by atoms with Crippen LogP contribution in [0.1, 0.15) is 13.3 Å². The molecule has 0 N–H and O–H groups in total. The fraction of sp³-hybridized carbons (Fsp3) is 0.417. The van der Waals surface area contributed by atoms with Gasteiger partial charge in [-0.1, -0.05) is 6.92 Å². The lowest BCUT2D eigenvalue weighted by Gasteiger charge is -2.20. The molecule has 112 valence electrons. The predicted octanol–water partition coefficient (Wildman–Crippen LogP) is 1.54. The molecule has 0 unspecified atom stereocenters. The van der Waals surface area contributed by atoms with Crippen LogP contribution in [-0.2, 0) is 19.6 Å². The Labute approximate surface area is 116 Å². The van der Waals surface area contributed by atoms with Crippen LogP contribution in [-0.4, -0.2) is 38.9 Å². The largest absolute Gasteiger partial charge is 0.469 e. The van der Waals surface area contributed by atoms with E-state index in [-0.39, 0.29) is 19.5 Å². The molecule has 0 fully saturated rings. The molecule has 1 aromatic carbocycles. The fourth-order valence-electron chi connectivity index (χ4n) is 1.58. The van der Waals surface area contributed by atoms with Crippen molar-refractivity contribution < 1.29 is 26.7 Å². The molecule has 0 spiro atoms. The molecule has 1 rings (SSSR count). The van der Waals surface area contributed by atoms with Crippen molar-refractivity contribution in [2.75, 3.05) is 20.2 Å². The van der Waals surface area contributed by atoms with Gasteiger partial charge < -0.3 is 4.74 Å². The smallest absolute Gasteiger partial charge is 0.306 e. The van der Waals surface area contributed by atoms with Crippen LogP contribution >= 0.6 is 0 Å². The third-order valence-corrected chi connectivity index (χ3v) is 4.65. The monoisotopic (exact) mass is 307 g/mol. The molecule has 1 aromatic rings. The fourth-order valence-corrected chi connectivity index (χ4v) is 3.11. The van der Waals surface area contributed by atoms with Gasteiger partial charge in [-0.15, -0.1) is 0 Å². The first kappa shape index (κ1) is 16.5. The third kappa shape index (κ3) is 3.73. The van der Waals surface area contributed by atoms with Crippen molar-refractivity contribution in [3.63, 3.8) is 0 Å². The van der Waals surface area contributed by atoms with Gasteiger partial charge in [0, 0.05) is 13.1 Å². The molecule has 0 aliphatic heterocycles. The first-order chi connectivity index (χ1) is 9.32. The van der Waals surface area contributed by atoms with E-state index in [2.05, 4.69) is 4.74 Å². The summed E-state index contributed by atoms with van der Waals surface area (Å²) in [6, 6.07) is 2.20. The van der Waals surface area contributed by atoms with Crippen LogP contribution in [0.4, 0.5) is 8.78 Å². The maximum Gasteiger partial charge on any atom is 0.306 e. The van der Waals surface area contributed by atoms with Crippen molar-refractivity contribution in [2.45, 2.75) is 18.2 Å². The van der Waals surface area contributed by atoms with Crippen molar-refractivity contribution in [1.29, 1.82) is 0 Å². The van der Waals surface area contributed by atoms with Crippen LogP contribution < -0.4 is 0 Å². The lowest BCUT2D eigenvalue weighted by Crippen LogP contribution is -2.33. The molecule has 0 saturated carbocycles. The molecule has 0 heterocycles. The predicted molar refractivity (Wildman–Crippen MR) is 67.4 cm³/mol. The Bertz CT molecular complexity index is 589. The van der Waals surface area contributed by atoms with Gasteiger partial charge in [0.2, 0.25) is 10.0 Å². The zero-order valence-electron chi connectivity index (χ0n) is 11.1. The summed E-state index contributed by atoms with van der Waals surface area (Å²) >= 11 is 0. The van der Waals surface area contributed by atoms with Crippen LogP contribution in [0.15, 0.2) is 23.1 Å². The van der Waals surface area contributed by atoms with Gasteiger partial charge in [-0.3, -0.25) is 4.79 Å². The molecule has 0 bridgehead atoms. The van der Waals surface area contributed by atoms with Crippen molar-refractivity contribution in [3.8, 4) is 0 Å². The molecule has 20 heavy (non-hydrogen) atoms. The van der Waals surface area contributed by atoms with Gasteiger partial charge in [0.05, 0.1) is 13.5 Å². The number of halogens is 2. The Balaban J connectivity index is 3.06. The van der Waals surface area contributed by atoms with E-state index in [1.54, 1.807) is 0 Å². The Kier molecular flexibility index (Phi) is 5.58. The number of hydrogen-bond acceptors (Lipinski definition) is 4. The first-order valence-electron chi connectivity index (χ1n) is 5.85. The maximum atomic E-state index is 13.6. The van der Waals surface area contributed by atoms with Crippen LogP contribution in [0, 0.1) is 11.6 Å². The summed E-state index contributed by atoms with van der Waals surface area (Å²) in [5, 5.41) is 0. The number of sulfonamides is 1. The van der Waals surface area contributed by atoms with E-state index in [0.29, 0.717) is 6.07 Å². The molecule has 0 aromatic heterocycles. The Morgan fingerprint density at radius 1 is 1.35 bits per heavy atom. The molecule has 0 atom stereocenters. The SMILES string of the molecule is CCN(CCC(=O)OC)S(=O)(=O)c1cc(F)ccc1F. The third-order valence-electron chi connectivity index (χ3n) is 2.66. The van der Waals surface area contributed by atoms with Gasteiger partial charge in [0.1, 0.15) is 16.5 Å². The highest BCUT2D eigenvalue weighted by Gasteiger charge is 2.27. The van der Waals surface area contributed by atoms with E-state index in [1.807, 2.05) is 0 Å². The standard InChI is InChI=1S/C12H15F2NO4S/c1-3-15(7-6-12(16)19-2)20(17,18)11-8-9(13)4-5-10(11)14/h4-5,8H,3,6-7H2,1-2H3. The Morgan fingerprint density at radius 3 is 2.55 bits per heavy atom. The summed E-state index contributed by atoms with van der Waals surface area (Å²) in [7, 11) is -3.02. The van der Waals surface area contributed by atoms with Gasteiger partial charge in [-0.25, -0.2) is 17.2 Å². The number of carbonyl (C=O) groups is 1. The van der Waals surface area contributed by atoms with Crippen LogP contribution in [0.25, 0.3) is 0 Å². The molecule has 0 aliphatic rings. The van der Waals surface area contributed by atoms with Gasteiger partial charge in [-0.2, -0.15) is 4.31 Å². The zero-order valence-corrected chi connectivity index (χ0v) is 11.9. The molecule has 0 radical (unpaired) electrons. The van der Waals surface area contributed by atoms with Gasteiger partial charge in [0.15, 0.2) is 0 Å². The minimum atomic E-state index is -4.20. The number of nitrogens with zero attached hydrogens (tertiary/aromatic N) is 1. The molecular weight excluding hydrogens is 292 g/mol. The average Bonchev–Trinajstić information content (AvgIpc) is 2.41. The van der Waals surface area contributed by atoms with E-state index >= 15 is 0 Å². The highest BCUT2D eigenvalue weighted by atomic mass is 32.2. The number of hydrogen-bond donors (Lipinski definition) is 0. The number of methoxy groups -OCH3 is 1. The van der Waals surface area contributed by atoms with Crippen molar-refractivity contribution >= 4 is 16.0 Å². The number of esters is 1. The van der Waals surface area contributed by atoms with Crippen LogP contribution in [0.2, 0.25) is 0 Å². The second-order valence-corrected chi connectivity index (χ2v) is 5.80. The van der Waals surface area contributed by atoms with Gasteiger partial charge in [0.25, 0.3) is 0 Å². The summed E-state index contributed by atoms with van der Waals surface area (Å²) in [6.45, 7) is 1.39. The number of benzene rings is 1. The van der Waals surface area contributed by atoms with Crippen molar-refractivity contribution in [3.05, 3.63) is 29.8 Å². The second kappa shape index (κ2) is 6.76. The van der Waals surface area contributed by atoms with E-state index in [9.17, 15) is 22.0 Å². The lowest BCUT2D eigenvalue weighted by atomic mass is 10.3. The minimum Gasteiger partial charge on any atom is -0.469 e. The van der Waals surface area contributed by atoms with Gasteiger partial charge >= 0.3 is 5.97 Å².